The van der Waals surface area contributed by atoms with E-state index in [1.807, 2.05) is 6.08 Å². The average molecular weight is 331 g/mol. The lowest BCUT2D eigenvalue weighted by Crippen LogP contribution is -2.39. The van der Waals surface area contributed by atoms with Gasteiger partial charge in [0.2, 0.25) is 5.91 Å². The van der Waals surface area contributed by atoms with Crippen molar-refractivity contribution in [2.45, 2.75) is 45.3 Å². The number of hydrogen-bond acceptors (Lipinski definition) is 3. The van der Waals surface area contributed by atoms with E-state index in [9.17, 15) is 14.7 Å². The second kappa shape index (κ2) is 6.20. The van der Waals surface area contributed by atoms with Gasteiger partial charge in [-0.05, 0) is 33.6 Å². The van der Waals surface area contributed by atoms with Crippen molar-refractivity contribution in [2.24, 2.45) is 11.8 Å². The number of ether oxygens (including phenoxy) is 1. The predicted octanol–water partition coefficient (Wildman–Crippen LogP) is 2.55. The molecule has 3 heterocycles. The third-order valence-electron chi connectivity index (χ3n) is 5.22. The van der Waals surface area contributed by atoms with Gasteiger partial charge in [0.05, 0.1) is 18.6 Å². The van der Waals surface area contributed by atoms with E-state index in [1.165, 1.54) is 11.1 Å². The molecule has 2 bridgehead atoms. The van der Waals surface area contributed by atoms with Crippen LogP contribution in [0.4, 0.5) is 0 Å². The van der Waals surface area contributed by atoms with Gasteiger partial charge in [0.1, 0.15) is 11.5 Å². The van der Waals surface area contributed by atoms with Crippen LogP contribution in [0, 0.1) is 11.8 Å². The van der Waals surface area contributed by atoms with Gasteiger partial charge in [0, 0.05) is 6.54 Å². The van der Waals surface area contributed by atoms with Crippen molar-refractivity contribution in [3.8, 4) is 0 Å². The van der Waals surface area contributed by atoms with E-state index in [4.69, 9.17) is 4.74 Å². The molecule has 4 atom stereocenters. The maximum absolute atomic E-state index is 12.7. The quantitative estimate of drug-likeness (QED) is 0.760. The fraction of sp³-hybridized carbons (Fsp3) is 0.579. The van der Waals surface area contributed by atoms with E-state index in [1.54, 1.807) is 11.0 Å². The van der Waals surface area contributed by atoms with Gasteiger partial charge in [-0.2, -0.15) is 0 Å². The van der Waals surface area contributed by atoms with Crippen molar-refractivity contribution >= 4 is 11.9 Å². The molecule has 0 aromatic heterocycles. The van der Waals surface area contributed by atoms with Gasteiger partial charge in [-0.3, -0.25) is 9.59 Å². The van der Waals surface area contributed by atoms with E-state index >= 15 is 0 Å². The molecule has 2 saturated heterocycles. The predicted molar refractivity (Wildman–Crippen MR) is 90.4 cm³/mol. The first-order chi connectivity index (χ1) is 11.3. The Morgan fingerprint density at radius 3 is 2.83 bits per heavy atom. The van der Waals surface area contributed by atoms with Gasteiger partial charge in [-0.25, -0.2) is 0 Å². The van der Waals surface area contributed by atoms with Crippen LogP contribution in [-0.4, -0.2) is 46.7 Å². The molecule has 3 aliphatic heterocycles. The third-order valence-corrected chi connectivity index (χ3v) is 5.22. The van der Waals surface area contributed by atoms with Crippen LogP contribution in [0.25, 0.3) is 0 Å². The normalized spacial score (nSPS) is 34.0. The number of likely N-dealkylation sites (tertiary alicyclic amines) is 1. The standard InChI is InChI=1S/C19H25NO4/c1-12(2)5-4-6-13(3)8-10-20-11-19-9-7-14(24-19)15(18(22)23)16(19)17(20)21/h5,7-9,14-16H,4,6,10-11H2,1-3H3,(H,22,23)/b13-8+/t14-,15-,16+,19+/m0/s1. The maximum atomic E-state index is 12.7. The zero-order chi connectivity index (χ0) is 17.5. The van der Waals surface area contributed by atoms with Crippen molar-refractivity contribution in [3.05, 3.63) is 35.5 Å². The Morgan fingerprint density at radius 1 is 1.42 bits per heavy atom. The number of carbonyl (C=O) groups excluding carboxylic acids is 1. The topological polar surface area (TPSA) is 66.8 Å². The average Bonchev–Trinajstić information content (AvgIpc) is 3.13. The van der Waals surface area contributed by atoms with Gasteiger partial charge in [0.15, 0.2) is 0 Å². The van der Waals surface area contributed by atoms with Crippen LogP contribution >= 0.6 is 0 Å². The molecule has 0 saturated carbocycles. The molecule has 3 aliphatic rings. The van der Waals surface area contributed by atoms with Crippen LogP contribution in [0.2, 0.25) is 0 Å². The molecule has 2 fully saturated rings. The first kappa shape index (κ1) is 17.0. The number of carboxylic acid groups (broad SMARTS) is 1. The Hall–Kier alpha value is -1.88. The van der Waals surface area contributed by atoms with Crippen molar-refractivity contribution in [1.29, 1.82) is 0 Å². The molecule has 1 spiro atoms. The molecule has 0 unspecified atom stereocenters. The largest absolute Gasteiger partial charge is 0.481 e. The fourth-order valence-corrected chi connectivity index (χ4v) is 3.97. The molecule has 5 heteroatoms. The molecule has 5 nitrogen and oxygen atoms in total. The van der Waals surface area contributed by atoms with Crippen LogP contribution in [0.5, 0.6) is 0 Å². The van der Waals surface area contributed by atoms with E-state index in [2.05, 4.69) is 32.9 Å². The number of fused-ring (bicyclic) bond motifs is 1. The molecular formula is C19H25NO4. The van der Waals surface area contributed by atoms with Crippen LogP contribution in [0.15, 0.2) is 35.5 Å². The Balaban J connectivity index is 1.66. The number of rotatable bonds is 6. The van der Waals surface area contributed by atoms with Gasteiger partial charge in [-0.1, -0.05) is 35.5 Å². The Labute approximate surface area is 142 Å². The highest BCUT2D eigenvalue weighted by molar-refractivity contribution is 5.90. The lowest BCUT2D eigenvalue weighted by Gasteiger charge is -2.21. The van der Waals surface area contributed by atoms with Crippen molar-refractivity contribution in [1.82, 2.24) is 4.90 Å². The van der Waals surface area contributed by atoms with Gasteiger partial charge in [0.25, 0.3) is 0 Å². The molecule has 3 rings (SSSR count). The minimum Gasteiger partial charge on any atom is -0.481 e. The highest BCUT2D eigenvalue weighted by atomic mass is 16.5. The number of hydrogen-bond donors (Lipinski definition) is 1. The number of carbonyl (C=O) groups is 2. The van der Waals surface area contributed by atoms with Crippen molar-refractivity contribution in [2.75, 3.05) is 13.1 Å². The summed E-state index contributed by atoms with van der Waals surface area (Å²) >= 11 is 0. The SMILES string of the molecule is CC(C)=CCC/C(C)=C/CN1C[C@@]23C=C[C@H](O2)[C@H](C(=O)O)[C@@H]3C1=O. The molecule has 0 aromatic carbocycles. The molecule has 1 N–H and O–H groups in total. The van der Waals surface area contributed by atoms with E-state index in [0.717, 1.165) is 12.8 Å². The molecule has 0 radical (unpaired) electrons. The highest BCUT2D eigenvalue weighted by Gasteiger charge is 2.66. The third kappa shape index (κ3) is 2.81. The number of aliphatic carboxylic acids is 1. The van der Waals surface area contributed by atoms with E-state index in [0.29, 0.717) is 13.1 Å². The molecule has 0 aliphatic carbocycles. The monoisotopic (exact) mass is 331 g/mol. The highest BCUT2D eigenvalue weighted by Crippen LogP contribution is 2.51. The summed E-state index contributed by atoms with van der Waals surface area (Å²) in [5, 5.41) is 9.44. The van der Waals surface area contributed by atoms with E-state index in [-0.39, 0.29) is 5.91 Å². The first-order valence-corrected chi connectivity index (χ1v) is 8.52. The Kier molecular flexibility index (Phi) is 4.38. The fourth-order valence-electron chi connectivity index (χ4n) is 3.97. The Morgan fingerprint density at radius 2 is 2.17 bits per heavy atom. The second-order valence-corrected chi connectivity index (χ2v) is 7.33. The van der Waals surface area contributed by atoms with E-state index < -0.39 is 29.5 Å². The molecular weight excluding hydrogens is 306 g/mol. The van der Waals surface area contributed by atoms with Gasteiger partial charge in [-0.15, -0.1) is 0 Å². The number of amides is 1. The second-order valence-electron chi connectivity index (χ2n) is 7.33. The molecule has 0 aromatic rings. The smallest absolute Gasteiger partial charge is 0.310 e. The zero-order valence-corrected chi connectivity index (χ0v) is 14.5. The Bertz CT molecular complexity index is 644. The first-order valence-electron chi connectivity index (χ1n) is 8.52. The number of carboxylic acids is 1. The van der Waals surface area contributed by atoms with Crippen molar-refractivity contribution in [3.63, 3.8) is 0 Å². The maximum Gasteiger partial charge on any atom is 0.310 e. The summed E-state index contributed by atoms with van der Waals surface area (Å²) in [6.45, 7) is 7.21. The van der Waals surface area contributed by atoms with Gasteiger partial charge < -0.3 is 14.7 Å². The van der Waals surface area contributed by atoms with Crippen LogP contribution < -0.4 is 0 Å². The summed E-state index contributed by atoms with van der Waals surface area (Å²) in [5.41, 5.74) is 1.82. The zero-order valence-electron chi connectivity index (χ0n) is 14.5. The summed E-state index contributed by atoms with van der Waals surface area (Å²) in [4.78, 5) is 26.0. The summed E-state index contributed by atoms with van der Waals surface area (Å²) in [6.07, 6.45) is 9.48. The minimum atomic E-state index is -0.945. The summed E-state index contributed by atoms with van der Waals surface area (Å²) in [7, 11) is 0. The molecule has 24 heavy (non-hydrogen) atoms. The summed E-state index contributed by atoms with van der Waals surface area (Å²) in [6, 6.07) is 0. The lowest BCUT2D eigenvalue weighted by atomic mass is 9.77. The van der Waals surface area contributed by atoms with Crippen molar-refractivity contribution < 1.29 is 19.4 Å². The lowest BCUT2D eigenvalue weighted by molar-refractivity contribution is -0.147. The summed E-state index contributed by atoms with van der Waals surface area (Å²) < 4.78 is 5.87. The van der Waals surface area contributed by atoms with Crippen LogP contribution in [0.3, 0.4) is 0 Å². The van der Waals surface area contributed by atoms with Crippen LogP contribution in [0.1, 0.15) is 33.6 Å². The number of allylic oxidation sites excluding steroid dienone is 3. The molecule has 1 amide bonds. The minimum absolute atomic E-state index is 0.0948. The van der Waals surface area contributed by atoms with Crippen LogP contribution in [-0.2, 0) is 14.3 Å². The van der Waals surface area contributed by atoms with Gasteiger partial charge >= 0.3 is 5.97 Å². The number of nitrogens with zero attached hydrogens (tertiary/aromatic N) is 1. The summed E-state index contributed by atoms with van der Waals surface area (Å²) in [5.74, 6) is -2.37. The molecule has 130 valence electrons.